The smallest absolute Gasteiger partial charge is 0.259 e. The number of fused-ring (bicyclic) bond motifs is 3. The number of hydrogen-bond acceptors (Lipinski definition) is 5. The molecule has 1 fully saturated rings. The Morgan fingerprint density at radius 3 is 2.57 bits per heavy atom. The molecule has 1 atom stereocenters. The molecule has 1 aromatic carbocycles. The number of thiophene rings is 1. The molecule has 1 saturated heterocycles. The first kappa shape index (κ1) is 24.3. The van der Waals surface area contributed by atoms with E-state index in [-0.39, 0.29) is 16.9 Å². The van der Waals surface area contributed by atoms with E-state index in [1.807, 2.05) is 29.2 Å². The number of H-pyrrole nitrogens is 1. The summed E-state index contributed by atoms with van der Waals surface area (Å²) in [5.74, 6) is 1.35. The fourth-order valence-electron chi connectivity index (χ4n) is 5.34. The normalized spacial score (nSPS) is 18.7. The number of benzene rings is 1. The zero-order chi connectivity index (χ0) is 24.7. The zero-order valence-corrected chi connectivity index (χ0v) is 22.3. The third-order valence-electron chi connectivity index (χ3n) is 7.59. The number of rotatable bonds is 4. The number of aryl methyl sites for hydroxylation is 2. The lowest BCUT2D eigenvalue weighted by atomic mass is 9.72. The molecular formula is C27H33ClN4O2S. The van der Waals surface area contributed by atoms with E-state index in [2.05, 4.69) is 30.7 Å². The highest BCUT2D eigenvalue weighted by Gasteiger charge is 2.31. The van der Waals surface area contributed by atoms with Crippen LogP contribution in [0.1, 0.15) is 49.9 Å². The maximum Gasteiger partial charge on any atom is 0.259 e. The van der Waals surface area contributed by atoms with E-state index >= 15 is 0 Å². The topological polar surface area (TPSA) is 69.3 Å². The highest BCUT2D eigenvalue weighted by Crippen LogP contribution is 2.42. The fraction of sp³-hybridized carbons (Fsp3) is 0.519. The SMILES string of the molecule is CC(C)(C)[C@H]1CCc2c(sc3nc(CCC(=O)N4CCN(c5ccc(Cl)cc5)CC4)[nH]c(=O)c23)C1. The second-order valence-corrected chi connectivity index (χ2v) is 12.4. The van der Waals surface area contributed by atoms with Gasteiger partial charge in [0.1, 0.15) is 10.7 Å². The molecule has 0 radical (unpaired) electrons. The number of aromatic nitrogens is 2. The molecule has 2 aromatic heterocycles. The number of carbonyl (C=O) groups is 1. The number of amides is 1. The second kappa shape index (κ2) is 9.58. The first-order chi connectivity index (χ1) is 16.7. The molecule has 1 aliphatic heterocycles. The van der Waals surface area contributed by atoms with Gasteiger partial charge in [0, 0.05) is 54.6 Å². The van der Waals surface area contributed by atoms with Crippen molar-refractivity contribution in [3.8, 4) is 0 Å². The molecule has 0 spiro atoms. The number of hydrogen-bond donors (Lipinski definition) is 1. The Bertz CT molecular complexity index is 1280. The number of aromatic amines is 1. The van der Waals surface area contributed by atoms with Gasteiger partial charge >= 0.3 is 0 Å². The molecule has 6 nitrogen and oxygen atoms in total. The van der Waals surface area contributed by atoms with Crippen LogP contribution in [0.2, 0.25) is 5.02 Å². The van der Waals surface area contributed by atoms with Crippen molar-refractivity contribution in [3.63, 3.8) is 0 Å². The largest absolute Gasteiger partial charge is 0.368 e. The van der Waals surface area contributed by atoms with E-state index in [1.54, 1.807) is 11.3 Å². The maximum absolute atomic E-state index is 13.0. The molecule has 8 heteroatoms. The Balaban J connectivity index is 1.21. The van der Waals surface area contributed by atoms with Gasteiger partial charge in [-0.1, -0.05) is 32.4 Å². The predicted molar refractivity (Wildman–Crippen MR) is 144 cm³/mol. The molecule has 3 aromatic rings. The Hall–Kier alpha value is -2.38. The molecular weight excluding hydrogens is 480 g/mol. The number of piperazine rings is 1. The lowest BCUT2D eigenvalue weighted by Gasteiger charge is -2.36. The summed E-state index contributed by atoms with van der Waals surface area (Å²) in [6.07, 6.45) is 3.89. The van der Waals surface area contributed by atoms with Crippen LogP contribution in [-0.4, -0.2) is 47.0 Å². The van der Waals surface area contributed by atoms with Crippen molar-refractivity contribution >= 4 is 44.7 Å². The van der Waals surface area contributed by atoms with Crippen LogP contribution in [0, 0.1) is 11.3 Å². The van der Waals surface area contributed by atoms with Crippen molar-refractivity contribution in [1.82, 2.24) is 14.9 Å². The standard InChI is InChI=1S/C27H33ClN4O2S/c1-27(2,3)17-4-9-20-21(16-17)35-26-24(20)25(34)29-22(30-26)10-11-23(33)32-14-12-31(13-15-32)19-7-5-18(28)6-8-19/h5-8,17H,4,9-16H2,1-3H3,(H,29,30,34)/t17-/m0/s1. The summed E-state index contributed by atoms with van der Waals surface area (Å²) in [5, 5.41) is 1.50. The second-order valence-electron chi connectivity index (χ2n) is 10.8. The Kier molecular flexibility index (Phi) is 6.66. The van der Waals surface area contributed by atoms with Gasteiger partial charge in [-0.05, 0) is 60.4 Å². The van der Waals surface area contributed by atoms with Crippen LogP contribution in [0.3, 0.4) is 0 Å². The minimum absolute atomic E-state index is 0.0549. The number of nitrogens with one attached hydrogen (secondary N) is 1. The average molecular weight is 513 g/mol. The number of nitrogens with zero attached hydrogens (tertiary/aromatic N) is 3. The molecule has 1 N–H and O–H groups in total. The summed E-state index contributed by atoms with van der Waals surface area (Å²) < 4.78 is 0. The van der Waals surface area contributed by atoms with Crippen LogP contribution in [0.4, 0.5) is 5.69 Å². The Labute approximate surface area is 215 Å². The highest BCUT2D eigenvalue weighted by molar-refractivity contribution is 7.18. The lowest BCUT2D eigenvalue weighted by molar-refractivity contribution is -0.131. The van der Waals surface area contributed by atoms with Crippen LogP contribution in [0.5, 0.6) is 0 Å². The molecule has 0 saturated carbocycles. The summed E-state index contributed by atoms with van der Waals surface area (Å²) in [4.78, 5) is 39.9. The summed E-state index contributed by atoms with van der Waals surface area (Å²) >= 11 is 7.66. The molecule has 1 amide bonds. The van der Waals surface area contributed by atoms with Gasteiger partial charge in [0.25, 0.3) is 5.56 Å². The summed E-state index contributed by atoms with van der Waals surface area (Å²) in [5.41, 5.74) is 2.53. The Morgan fingerprint density at radius 1 is 1.17 bits per heavy atom. The van der Waals surface area contributed by atoms with Crippen LogP contribution >= 0.6 is 22.9 Å². The highest BCUT2D eigenvalue weighted by atomic mass is 35.5. The zero-order valence-electron chi connectivity index (χ0n) is 20.7. The van der Waals surface area contributed by atoms with Gasteiger partial charge in [-0.25, -0.2) is 4.98 Å². The van der Waals surface area contributed by atoms with Crippen molar-refractivity contribution in [2.45, 2.75) is 52.9 Å². The molecule has 186 valence electrons. The first-order valence-electron chi connectivity index (χ1n) is 12.5. The lowest BCUT2D eigenvalue weighted by Crippen LogP contribution is -2.48. The molecule has 2 aliphatic rings. The van der Waals surface area contributed by atoms with Gasteiger partial charge in [0.15, 0.2) is 0 Å². The molecule has 5 rings (SSSR count). The van der Waals surface area contributed by atoms with Crippen LogP contribution in [0.15, 0.2) is 29.1 Å². The summed E-state index contributed by atoms with van der Waals surface area (Å²) in [6, 6.07) is 7.82. The maximum atomic E-state index is 13.0. The number of anilines is 1. The van der Waals surface area contributed by atoms with E-state index in [4.69, 9.17) is 16.6 Å². The van der Waals surface area contributed by atoms with Crippen molar-refractivity contribution in [2.75, 3.05) is 31.1 Å². The van der Waals surface area contributed by atoms with Crippen LogP contribution in [0.25, 0.3) is 10.2 Å². The van der Waals surface area contributed by atoms with E-state index < -0.39 is 0 Å². The average Bonchev–Trinajstić information content (AvgIpc) is 3.21. The number of carbonyl (C=O) groups excluding carboxylic acids is 1. The molecule has 1 aliphatic carbocycles. The monoisotopic (exact) mass is 512 g/mol. The van der Waals surface area contributed by atoms with Crippen molar-refractivity contribution in [3.05, 3.63) is 55.9 Å². The molecule has 0 bridgehead atoms. The van der Waals surface area contributed by atoms with E-state index in [0.717, 1.165) is 53.3 Å². The summed E-state index contributed by atoms with van der Waals surface area (Å²) in [6.45, 7) is 9.87. The van der Waals surface area contributed by atoms with E-state index in [1.165, 1.54) is 10.4 Å². The van der Waals surface area contributed by atoms with E-state index in [0.29, 0.717) is 37.7 Å². The van der Waals surface area contributed by atoms with Gasteiger partial charge in [-0.3, -0.25) is 9.59 Å². The van der Waals surface area contributed by atoms with Crippen molar-refractivity contribution < 1.29 is 4.79 Å². The first-order valence-corrected chi connectivity index (χ1v) is 13.7. The predicted octanol–water partition coefficient (Wildman–Crippen LogP) is 5.07. The van der Waals surface area contributed by atoms with Crippen LogP contribution < -0.4 is 10.5 Å². The fourth-order valence-corrected chi connectivity index (χ4v) is 6.78. The van der Waals surface area contributed by atoms with Gasteiger partial charge in [-0.2, -0.15) is 0 Å². The third kappa shape index (κ3) is 5.12. The molecule has 0 unspecified atom stereocenters. The number of halogens is 1. The quantitative estimate of drug-likeness (QED) is 0.530. The minimum Gasteiger partial charge on any atom is -0.368 e. The van der Waals surface area contributed by atoms with Gasteiger partial charge < -0.3 is 14.8 Å². The Morgan fingerprint density at radius 2 is 1.89 bits per heavy atom. The van der Waals surface area contributed by atoms with Crippen molar-refractivity contribution in [1.29, 1.82) is 0 Å². The van der Waals surface area contributed by atoms with Crippen molar-refractivity contribution in [2.24, 2.45) is 11.3 Å². The molecule has 35 heavy (non-hydrogen) atoms. The third-order valence-corrected chi connectivity index (χ3v) is 8.99. The van der Waals surface area contributed by atoms with E-state index in [9.17, 15) is 9.59 Å². The summed E-state index contributed by atoms with van der Waals surface area (Å²) in [7, 11) is 0. The molecule has 3 heterocycles. The van der Waals surface area contributed by atoms with Crippen LogP contribution in [-0.2, 0) is 24.1 Å². The van der Waals surface area contributed by atoms with Gasteiger partial charge in [-0.15, -0.1) is 11.3 Å². The van der Waals surface area contributed by atoms with Gasteiger partial charge in [0.2, 0.25) is 5.91 Å². The minimum atomic E-state index is -0.0549. The van der Waals surface area contributed by atoms with Gasteiger partial charge in [0.05, 0.1) is 5.39 Å².